The number of amides is 3. The van der Waals surface area contributed by atoms with Gasteiger partial charge in [0.15, 0.2) is 0 Å². The van der Waals surface area contributed by atoms with Gasteiger partial charge in [-0.1, -0.05) is 35.9 Å². The minimum absolute atomic E-state index is 0.0303. The Balaban J connectivity index is 1.42. The van der Waals surface area contributed by atoms with Crippen LogP contribution in [0.4, 0.5) is 0 Å². The molecule has 0 radical (unpaired) electrons. The van der Waals surface area contributed by atoms with Crippen LogP contribution in [0.1, 0.15) is 39.1 Å². The van der Waals surface area contributed by atoms with Crippen molar-refractivity contribution in [3.05, 3.63) is 70.4 Å². The first-order chi connectivity index (χ1) is 15.9. The van der Waals surface area contributed by atoms with Gasteiger partial charge in [0.1, 0.15) is 6.54 Å². The van der Waals surface area contributed by atoms with Crippen LogP contribution in [0.3, 0.4) is 0 Å². The Bertz CT molecular complexity index is 1270. The van der Waals surface area contributed by atoms with Gasteiger partial charge in [-0.15, -0.1) is 0 Å². The number of piperidine rings is 1. The van der Waals surface area contributed by atoms with E-state index in [0.29, 0.717) is 30.2 Å². The molecule has 3 amide bonds. The highest BCUT2D eigenvalue weighted by Crippen LogP contribution is 2.39. The summed E-state index contributed by atoms with van der Waals surface area (Å²) >= 11 is 6.19. The number of hydrogen-bond acceptors (Lipinski definition) is 3. The molecule has 0 unspecified atom stereocenters. The SMILES string of the molecule is CNC(=O)Cn1cc(C(=O)N2CCC3(CC2)CNC(=O)c2ccccc23)c2ccc(Cl)cc21. The van der Waals surface area contributed by atoms with Crippen LogP contribution >= 0.6 is 11.6 Å². The Labute approximate surface area is 196 Å². The molecule has 0 aliphatic carbocycles. The van der Waals surface area contributed by atoms with E-state index in [1.54, 1.807) is 29.9 Å². The third-order valence-corrected chi connectivity index (χ3v) is 7.24. The zero-order valence-corrected chi connectivity index (χ0v) is 19.1. The number of nitrogens with one attached hydrogen (secondary N) is 2. The monoisotopic (exact) mass is 464 g/mol. The van der Waals surface area contributed by atoms with E-state index in [1.807, 2.05) is 35.2 Å². The third kappa shape index (κ3) is 3.66. The van der Waals surface area contributed by atoms with Gasteiger partial charge in [0.25, 0.3) is 11.8 Å². The lowest BCUT2D eigenvalue weighted by atomic mass is 9.69. The maximum absolute atomic E-state index is 13.5. The van der Waals surface area contributed by atoms with Gasteiger partial charge >= 0.3 is 0 Å². The lowest BCUT2D eigenvalue weighted by Crippen LogP contribution is -2.53. The Morgan fingerprint density at radius 1 is 1.15 bits per heavy atom. The highest BCUT2D eigenvalue weighted by molar-refractivity contribution is 6.31. The van der Waals surface area contributed by atoms with Gasteiger partial charge in [-0.05, 0) is 36.6 Å². The number of likely N-dealkylation sites (tertiary alicyclic amines) is 1. The second kappa shape index (κ2) is 8.23. The van der Waals surface area contributed by atoms with E-state index in [1.165, 1.54) is 0 Å². The minimum atomic E-state index is -0.151. The van der Waals surface area contributed by atoms with Crippen molar-refractivity contribution in [2.24, 2.45) is 0 Å². The number of carbonyl (C=O) groups is 3. The maximum atomic E-state index is 13.5. The van der Waals surface area contributed by atoms with Gasteiger partial charge in [-0.2, -0.15) is 0 Å². The van der Waals surface area contributed by atoms with Crippen molar-refractivity contribution < 1.29 is 14.4 Å². The molecule has 3 aromatic rings. The molecular weight excluding hydrogens is 440 g/mol. The number of rotatable bonds is 3. The second-order valence-corrected chi connectivity index (χ2v) is 9.24. The number of aromatic nitrogens is 1. The molecule has 2 aromatic carbocycles. The lowest BCUT2D eigenvalue weighted by Gasteiger charge is -2.45. The van der Waals surface area contributed by atoms with Gasteiger partial charge in [0.05, 0.1) is 11.1 Å². The minimum Gasteiger partial charge on any atom is -0.358 e. The number of halogens is 1. The molecule has 1 saturated heterocycles. The van der Waals surface area contributed by atoms with Crippen molar-refractivity contribution in [2.75, 3.05) is 26.7 Å². The standard InChI is InChI=1S/C25H25ClN4O3/c1-27-22(31)14-30-13-19(17-7-6-16(26)12-21(17)30)24(33)29-10-8-25(9-11-29)15-28-23(32)18-4-2-3-5-20(18)25/h2-7,12-13H,8-11,14-15H2,1H3,(H,27,31)(H,28,32). The number of benzene rings is 2. The molecule has 7 nitrogen and oxygen atoms in total. The van der Waals surface area contributed by atoms with Crippen LogP contribution in [0.5, 0.6) is 0 Å². The average molecular weight is 465 g/mol. The van der Waals surface area contributed by atoms with Crippen LogP contribution in [0.25, 0.3) is 10.9 Å². The van der Waals surface area contributed by atoms with Crippen molar-refractivity contribution in [1.29, 1.82) is 0 Å². The van der Waals surface area contributed by atoms with Crippen molar-refractivity contribution in [3.8, 4) is 0 Å². The molecule has 0 saturated carbocycles. The first-order valence-electron chi connectivity index (χ1n) is 11.1. The molecule has 3 heterocycles. The molecule has 1 spiro atoms. The van der Waals surface area contributed by atoms with Crippen molar-refractivity contribution in [2.45, 2.75) is 24.8 Å². The Kier molecular flexibility index (Phi) is 5.37. The van der Waals surface area contributed by atoms with E-state index >= 15 is 0 Å². The average Bonchev–Trinajstić information content (AvgIpc) is 3.19. The topological polar surface area (TPSA) is 83.4 Å². The van der Waals surface area contributed by atoms with Crippen LogP contribution < -0.4 is 10.6 Å². The third-order valence-electron chi connectivity index (χ3n) is 7.01. The summed E-state index contributed by atoms with van der Waals surface area (Å²) in [5, 5.41) is 6.99. The van der Waals surface area contributed by atoms with Crippen LogP contribution in [0.15, 0.2) is 48.7 Å². The van der Waals surface area contributed by atoms with Gasteiger partial charge in [0, 0.05) is 54.3 Å². The predicted octanol–water partition coefficient (Wildman–Crippen LogP) is 2.96. The van der Waals surface area contributed by atoms with Crippen LogP contribution in [-0.4, -0.2) is 53.9 Å². The fourth-order valence-electron chi connectivity index (χ4n) is 5.14. The van der Waals surface area contributed by atoms with Gasteiger partial charge in [-0.3, -0.25) is 14.4 Å². The van der Waals surface area contributed by atoms with E-state index < -0.39 is 0 Å². The van der Waals surface area contributed by atoms with Crippen LogP contribution in [-0.2, 0) is 16.8 Å². The molecule has 5 rings (SSSR count). The van der Waals surface area contributed by atoms with E-state index in [-0.39, 0.29) is 29.7 Å². The van der Waals surface area contributed by atoms with E-state index in [2.05, 4.69) is 10.6 Å². The quantitative estimate of drug-likeness (QED) is 0.625. The molecule has 2 aliphatic rings. The Hall–Kier alpha value is -3.32. The summed E-state index contributed by atoms with van der Waals surface area (Å²) in [5.74, 6) is -0.234. The number of hydrogen-bond donors (Lipinski definition) is 2. The van der Waals surface area contributed by atoms with Crippen LogP contribution in [0, 0.1) is 0 Å². The maximum Gasteiger partial charge on any atom is 0.256 e. The van der Waals surface area contributed by atoms with E-state index in [9.17, 15) is 14.4 Å². The second-order valence-electron chi connectivity index (χ2n) is 8.81. The summed E-state index contributed by atoms with van der Waals surface area (Å²) in [6.07, 6.45) is 3.30. The van der Waals surface area contributed by atoms with Gasteiger partial charge < -0.3 is 20.1 Å². The van der Waals surface area contributed by atoms with E-state index in [0.717, 1.165) is 34.9 Å². The first kappa shape index (κ1) is 21.5. The molecule has 0 atom stereocenters. The molecule has 8 heteroatoms. The Morgan fingerprint density at radius 2 is 1.91 bits per heavy atom. The molecular formula is C25H25ClN4O3. The largest absolute Gasteiger partial charge is 0.358 e. The summed E-state index contributed by atoms with van der Waals surface area (Å²) < 4.78 is 1.77. The Morgan fingerprint density at radius 3 is 2.67 bits per heavy atom. The van der Waals surface area contributed by atoms with Crippen LogP contribution in [0.2, 0.25) is 5.02 Å². The smallest absolute Gasteiger partial charge is 0.256 e. The summed E-state index contributed by atoms with van der Waals surface area (Å²) in [4.78, 5) is 39.7. The summed E-state index contributed by atoms with van der Waals surface area (Å²) in [6, 6.07) is 13.2. The molecule has 1 aromatic heterocycles. The van der Waals surface area contributed by atoms with Gasteiger partial charge in [-0.25, -0.2) is 0 Å². The molecule has 2 aliphatic heterocycles. The molecule has 1 fully saturated rings. The van der Waals surface area contributed by atoms with Crippen molar-refractivity contribution >= 4 is 40.2 Å². The highest BCUT2D eigenvalue weighted by atomic mass is 35.5. The normalized spacial score (nSPS) is 17.0. The van der Waals surface area contributed by atoms with E-state index in [4.69, 9.17) is 11.6 Å². The molecule has 170 valence electrons. The summed E-state index contributed by atoms with van der Waals surface area (Å²) in [5.41, 5.74) is 2.99. The summed E-state index contributed by atoms with van der Waals surface area (Å²) in [6.45, 7) is 1.90. The zero-order valence-electron chi connectivity index (χ0n) is 18.4. The number of nitrogens with zero attached hydrogens (tertiary/aromatic N) is 2. The number of fused-ring (bicyclic) bond motifs is 3. The van der Waals surface area contributed by atoms with Crippen molar-refractivity contribution in [1.82, 2.24) is 20.1 Å². The highest BCUT2D eigenvalue weighted by Gasteiger charge is 2.42. The van der Waals surface area contributed by atoms with Gasteiger partial charge in [0.2, 0.25) is 5.91 Å². The number of carbonyl (C=O) groups excluding carboxylic acids is 3. The summed E-state index contributed by atoms with van der Waals surface area (Å²) in [7, 11) is 1.59. The fraction of sp³-hybridized carbons (Fsp3) is 0.320. The zero-order chi connectivity index (χ0) is 23.2. The first-order valence-corrected chi connectivity index (χ1v) is 11.5. The molecule has 2 N–H and O–H groups in total. The predicted molar refractivity (Wildman–Crippen MR) is 127 cm³/mol. The molecule has 33 heavy (non-hydrogen) atoms. The lowest BCUT2D eigenvalue weighted by molar-refractivity contribution is -0.121. The number of likely N-dealkylation sites (N-methyl/N-ethyl adjacent to an activating group) is 1. The molecule has 0 bridgehead atoms. The fourth-order valence-corrected chi connectivity index (χ4v) is 5.30. The van der Waals surface area contributed by atoms with Crippen molar-refractivity contribution in [3.63, 3.8) is 0 Å².